The molecule has 1 aliphatic rings. The van der Waals surface area contributed by atoms with Crippen LogP contribution in [0.4, 0.5) is 0 Å². The van der Waals surface area contributed by atoms with Gasteiger partial charge in [0.05, 0.1) is 0 Å². The van der Waals surface area contributed by atoms with Crippen molar-refractivity contribution in [3.63, 3.8) is 0 Å². The summed E-state index contributed by atoms with van der Waals surface area (Å²) in [6, 6.07) is 6.12. The first kappa shape index (κ1) is 18.2. The van der Waals surface area contributed by atoms with Crippen LogP contribution in [0.3, 0.4) is 0 Å². The van der Waals surface area contributed by atoms with Gasteiger partial charge in [-0.2, -0.15) is 0 Å². The Bertz CT molecular complexity index is 434. The molecule has 0 saturated carbocycles. The molecule has 1 unspecified atom stereocenters. The van der Waals surface area contributed by atoms with Crippen molar-refractivity contribution in [1.29, 1.82) is 0 Å². The van der Waals surface area contributed by atoms with Crippen LogP contribution in [-0.2, 0) is 0 Å². The lowest BCUT2D eigenvalue weighted by Gasteiger charge is -2.33. The van der Waals surface area contributed by atoms with Gasteiger partial charge in [0.1, 0.15) is 18.5 Å². The molecule has 0 aromatic heterocycles. The lowest BCUT2D eigenvalue weighted by atomic mass is 10.1. The molecule has 1 heterocycles. The summed E-state index contributed by atoms with van der Waals surface area (Å²) >= 11 is 0. The van der Waals surface area contributed by atoms with Crippen LogP contribution in [0.25, 0.3) is 0 Å². The molecule has 0 bridgehead atoms. The van der Waals surface area contributed by atoms with Crippen molar-refractivity contribution < 1.29 is 9.84 Å². The third kappa shape index (κ3) is 5.83. The van der Waals surface area contributed by atoms with Gasteiger partial charge in [0.2, 0.25) is 0 Å². The molecule has 4 nitrogen and oxygen atoms in total. The Morgan fingerprint density at radius 2 is 1.86 bits per heavy atom. The monoisotopic (exact) mass is 314 g/mol. The van der Waals surface area contributed by atoms with Crippen molar-refractivity contribution in [1.82, 2.24) is 9.80 Å². The number of aliphatic hydroxyl groups is 1. The van der Waals surface area contributed by atoms with E-state index in [0.717, 1.165) is 37.5 Å². The Morgan fingerprint density at radius 1 is 1.19 bits per heavy atom. The van der Waals surface area contributed by atoms with E-state index in [1.165, 1.54) is 5.56 Å². The number of β-amino-alcohol motifs (C(OH)–C–C–N with tert-alkyl or cyclic N) is 1. The number of halogens is 1. The highest BCUT2D eigenvalue weighted by Crippen LogP contribution is 2.18. The highest BCUT2D eigenvalue weighted by molar-refractivity contribution is 5.85. The van der Waals surface area contributed by atoms with E-state index in [0.29, 0.717) is 13.2 Å². The van der Waals surface area contributed by atoms with Gasteiger partial charge in [-0.1, -0.05) is 17.7 Å². The molecule has 0 amide bonds. The Kier molecular flexibility index (Phi) is 7.46. The quantitative estimate of drug-likeness (QED) is 0.897. The molecule has 1 aromatic rings. The van der Waals surface area contributed by atoms with Gasteiger partial charge < -0.3 is 14.7 Å². The minimum Gasteiger partial charge on any atom is -0.491 e. The number of hydrogen-bond donors (Lipinski definition) is 1. The first-order valence-electron chi connectivity index (χ1n) is 7.33. The molecule has 1 aliphatic heterocycles. The van der Waals surface area contributed by atoms with Crippen molar-refractivity contribution in [2.45, 2.75) is 20.0 Å². The first-order chi connectivity index (χ1) is 9.54. The summed E-state index contributed by atoms with van der Waals surface area (Å²) in [6.07, 6.45) is -0.431. The van der Waals surface area contributed by atoms with E-state index in [-0.39, 0.29) is 12.4 Å². The highest BCUT2D eigenvalue weighted by atomic mass is 35.5. The van der Waals surface area contributed by atoms with Crippen molar-refractivity contribution in [2.24, 2.45) is 0 Å². The molecule has 21 heavy (non-hydrogen) atoms. The van der Waals surface area contributed by atoms with Gasteiger partial charge in [-0.25, -0.2) is 0 Å². The molecular formula is C16H27ClN2O2. The minimum absolute atomic E-state index is 0. The van der Waals surface area contributed by atoms with E-state index in [4.69, 9.17) is 4.74 Å². The number of likely N-dealkylation sites (N-methyl/N-ethyl adjacent to an activating group) is 1. The Morgan fingerprint density at radius 3 is 2.48 bits per heavy atom. The number of benzene rings is 1. The molecule has 2 rings (SSSR count). The van der Waals surface area contributed by atoms with E-state index in [1.807, 2.05) is 19.1 Å². The molecule has 1 saturated heterocycles. The van der Waals surface area contributed by atoms with Gasteiger partial charge in [-0.05, 0) is 32.5 Å². The van der Waals surface area contributed by atoms with Crippen LogP contribution in [0.1, 0.15) is 11.1 Å². The first-order valence-corrected chi connectivity index (χ1v) is 7.33. The molecule has 0 spiro atoms. The summed E-state index contributed by atoms with van der Waals surface area (Å²) in [5.74, 6) is 0.869. The number of hydrogen-bond acceptors (Lipinski definition) is 4. The van der Waals surface area contributed by atoms with Crippen LogP contribution in [0, 0.1) is 13.8 Å². The topological polar surface area (TPSA) is 35.9 Å². The third-order valence-electron chi connectivity index (χ3n) is 3.83. The van der Waals surface area contributed by atoms with Crippen LogP contribution in [0.2, 0.25) is 0 Å². The highest BCUT2D eigenvalue weighted by Gasteiger charge is 2.17. The van der Waals surface area contributed by atoms with Gasteiger partial charge in [-0.3, -0.25) is 4.90 Å². The van der Waals surface area contributed by atoms with Gasteiger partial charge >= 0.3 is 0 Å². The van der Waals surface area contributed by atoms with Gasteiger partial charge in [0.15, 0.2) is 0 Å². The lowest BCUT2D eigenvalue weighted by Crippen LogP contribution is -2.47. The van der Waals surface area contributed by atoms with Crippen LogP contribution in [0.5, 0.6) is 5.75 Å². The van der Waals surface area contributed by atoms with Crippen LogP contribution in [-0.4, -0.2) is 67.4 Å². The van der Waals surface area contributed by atoms with E-state index < -0.39 is 6.10 Å². The molecular weight excluding hydrogens is 288 g/mol. The number of ether oxygens (including phenoxy) is 1. The number of aliphatic hydroxyl groups excluding tert-OH is 1. The largest absolute Gasteiger partial charge is 0.491 e. The number of aryl methyl sites for hydroxylation is 2. The molecule has 5 heteroatoms. The Labute approximate surface area is 134 Å². The fourth-order valence-electron chi connectivity index (χ4n) is 2.53. The molecule has 1 aromatic carbocycles. The third-order valence-corrected chi connectivity index (χ3v) is 3.83. The van der Waals surface area contributed by atoms with E-state index in [2.05, 4.69) is 29.8 Å². The zero-order chi connectivity index (χ0) is 14.5. The maximum atomic E-state index is 10.1. The summed E-state index contributed by atoms with van der Waals surface area (Å²) in [6.45, 7) is 9.35. The molecule has 120 valence electrons. The standard InChI is InChI=1S/C16H26N2O2.ClH/c1-13-4-5-16(14(2)10-13)20-12-15(19)11-18-8-6-17(3)7-9-18;/h4-5,10,15,19H,6-9,11-12H2,1-3H3;1H. The maximum Gasteiger partial charge on any atom is 0.122 e. The molecule has 1 N–H and O–H groups in total. The molecule has 1 atom stereocenters. The summed E-state index contributed by atoms with van der Waals surface area (Å²) < 4.78 is 5.73. The number of rotatable bonds is 5. The predicted molar refractivity (Wildman–Crippen MR) is 88.6 cm³/mol. The van der Waals surface area contributed by atoms with E-state index >= 15 is 0 Å². The van der Waals surface area contributed by atoms with Crippen LogP contribution < -0.4 is 4.74 Å². The zero-order valence-electron chi connectivity index (χ0n) is 13.2. The predicted octanol–water partition coefficient (Wildman–Crippen LogP) is 1.71. The van der Waals surface area contributed by atoms with Gasteiger partial charge in [0.25, 0.3) is 0 Å². The second-order valence-electron chi connectivity index (χ2n) is 5.84. The van der Waals surface area contributed by atoms with Gasteiger partial charge in [0, 0.05) is 32.7 Å². The van der Waals surface area contributed by atoms with Crippen LogP contribution >= 0.6 is 12.4 Å². The number of piperazine rings is 1. The average molecular weight is 315 g/mol. The minimum atomic E-state index is -0.431. The van der Waals surface area contributed by atoms with Crippen LogP contribution in [0.15, 0.2) is 18.2 Å². The molecule has 0 aliphatic carbocycles. The van der Waals surface area contributed by atoms with E-state index in [1.54, 1.807) is 0 Å². The fourth-order valence-corrected chi connectivity index (χ4v) is 2.53. The van der Waals surface area contributed by atoms with Crippen molar-refractivity contribution in [2.75, 3.05) is 46.4 Å². The van der Waals surface area contributed by atoms with Gasteiger partial charge in [-0.15, -0.1) is 12.4 Å². The number of nitrogens with zero attached hydrogens (tertiary/aromatic N) is 2. The zero-order valence-corrected chi connectivity index (χ0v) is 14.0. The summed E-state index contributed by atoms with van der Waals surface area (Å²) in [7, 11) is 2.14. The van der Waals surface area contributed by atoms with E-state index in [9.17, 15) is 5.11 Å². The maximum absolute atomic E-state index is 10.1. The molecule has 0 radical (unpaired) electrons. The second kappa shape index (κ2) is 8.59. The van der Waals surface area contributed by atoms with Crippen molar-refractivity contribution in [3.8, 4) is 5.75 Å². The fraction of sp³-hybridized carbons (Fsp3) is 0.625. The second-order valence-corrected chi connectivity index (χ2v) is 5.84. The molecule has 1 fully saturated rings. The summed E-state index contributed by atoms with van der Waals surface area (Å²) in [5, 5.41) is 10.1. The van der Waals surface area contributed by atoms with Crippen molar-refractivity contribution in [3.05, 3.63) is 29.3 Å². The smallest absolute Gasteiger partial charge is 0.122 e. The normalized spacial score (nSPS) is 18.1. The van der Waals surface area contributed by atoms with Crippen molar-refractivity contribution >= 4 is 12.4 Å². The average Bonchev–Trinajstić information content (AvgIpc) is 2.40. The summed E-state index contributed by atoms with van der Waals surface area (Å²) in [5.41, 5.74) is 2.35. The Hall–Kier alpha value is -0.810. The lowest BCUT2D eigenvalue weighted by molar-refractivity contribution is 0.0503. The summed E-state index contributed by atoms with van der Waals surface area (Å²) in [4.78, 5) is 4.62. The SMILES string of the molecule is Cc1ccc(OCC(O)CN2CCN(C)CC2)c(C)c1.Cl. The Balaban J connectivity index is 0.00000220.